The van der Waals surface area contributed by atoms with Crippen LogP contribution in [0.1, 0.15) is 13.8 Å². The van der Waals surface area contributed by atoms with E-state index in [0.717, 1.165) is 39.3 Å². The van der Waals surface area contributed by atoms with Crippen molar-refractivity contribution in [2.24, 2.45) is 5.92 Å². The SMILES string of the molecule is CCN1CCN(CC(C)CNC(=O)Cn2ccccc2=O)CC1. The third-order valence-corrected chi connectivity index (χ3v) is 4.34. The van der Waals surface area contributed by atoms with E-state index >= 15 is 0 Å². The van der Waals surface area contributed by atoms with Crippen LogP contribution < -0.4 is 10.9 Å². The van der Waals surface area contributed by atoms with E-state index < -0.39 is 0 Å². The maximum atomic E-state index is 12.0. The molecule has 1 atom stereocenters. The Kier molecular flexibility index (Phi) is 6.80. The van der Waals surface area contributed by atoms with Gasteiger partial charge in [-0.25, -0.2) is 0 Å². The van der Waals surface area contributed by atoms with Gasteiger partial charge >= 0.3 is 0 Å². The van der Waals surface area contributed by atoms with Gasteiger partial charge in [0.05, 0.1) is 0 Å². The van der Waals surface area contributed by atoms with Crippen LogP contribution in [0.25, 0.3) is 0 Å². The summed E-state index contributed by atoms with van der Waals surface area (Å²) in [4.78, 5) is 28.5. The molecule has 0 aromatic carbocycles. The number of nitrogens with zero attached hydrogens (tertiary/aromatic N) is 3. The van der Waals surface area contributed by atoms with Gasteiger partial charge in [-0.15, -0.1) is 0 Å². The molecule has 1 fully saturated rings. The van der Waals surface area contributed by atoms with E-state index in [0.29, 0.717) is 12.5 Å². The van der Waals surface area contributed by atoms with Crippen molar-refractivity contribution in [3.63, 3.8) is 0 Å². The van der Waals surface area contributed by atoms with Crippen molar-refractivity contribution in [3.05, 3.63) is 34.7 Å². The first-order valence-corrected chi connectivity index (χ1v) is 8.45. The molecule has 1 saturated heterocycles. The first-order chi connectivity index (χ1) is 11.1. The zero-order valence-electron chi connectivity index (χ0n) is 14.2. The number of piperazine rings is 1. The number of rotatable bonds is 7. The number of carbonyl (C=O) groups excluding carboxylic acids is 1. The van der Waals surface area contributed by atoms with Crippen molar-refractivity contribution in [1.82, 2.24) is 19.7 Å². The molecule has 0 radical (unpaired) electrons. The minimum atomic E-state index is -0.149. The fourth-order valence-corrected chi connectivity index (χ4v) is 2.88. The van der Waals surface area contributed by atoms with Crippen LogP contribution in [0.2, 0.25) is 0 Å². The van der Waals surface area contributed by atoms with E-state index in [1.54, 1.807) is 18.3 Å². The molecule has 1 aliphatic rings. The summed E-state index contributed by atoms with van der Waals surface area (Å²) in [5, 5.41) is 2.93. The number of amides is 1. The van der Waals surface area contributed by atoms with Crippen LogP contribution in [0.3, 0.4) is 0 Å². The zero-order valence-corrected chi connectivity index (χ0v) is 14.2. The van der Waals surface area contributed by atoms with Gasteiger partial charge in [-0.1, -0.05) is 19.9 Å². The average molecular weight is 320 g/mol. The van der Waals surface area contributed by atoms with E-state index in [-0.39, 0.29) is 18.0 Å². The number of pyridine rings is 1. The molecule has 6 heteroatoms. The van der Waals surface area contributed by atoms with Crippen molar-refractivity contribution < 1.29 is 4.79 Å². The molecule has 1 N–H and O–H groups in total. The van der Waals surface area contributed by atoms with Crippen LogP contribution in [0, 0.1) is 5.92 Å². The van der Waals surface area contributed by atoms with Crippen molar-refractivity contribution in [2.45, 2.75) is 20.4 Å². The van der Waals surface area contributed by atoms with Gasteiger partial charge in [-0.3, -0.25) is 9.59 Å². The molecule has 1 aliphatic heterocycles. The van der Waals surface area contributed by atoms with Crippen LogP contribution in [-0.2, 0) is 11.3 Å². The predicted molar refractivity (Wildman–Crippen MR) is 91.4 cm³/mol. The second-order valence-corrected chi connectivity index (χ2v) is 6.31. The molecule has 23 heavy (non-hydrogen) atoms. The van der Waals surface area contributed by atoms with Gasteiger partial charge in [0, 0.05) is 51.5 Å². The lowest BCUT2D eigenvalue weighted by atomic mass is 10.1. The lowest BCUT2D eigenvalue weighted by Crippen LogP contribution is -2.48. The molecule has 2 heterocycles. The normalized spacial score (nSPS) is 17.8. The van der Waals surface area contributed by atoms with Gasteiger partial charge in [0.15, 0.2) is 0 Å². The molecule has 0 spiro atoms. The lowest BCUT2D eigenvalue weighted by molar-refractivity contribution is -0.121. The highest BCUT2D eigenvalue weighted by Gasteiger charge is 2.17. The Morgan fingerprint density at radius 2 is 1.91 bits per heavy atom. The van der Waals surface area contributed by atoms with Crippen LogP contribution in [0.4, 0.5) is 0 Å². The molecule has 1 unspecified atom stereocenters. The van der Waals surface area contributed by atoms with Crippen molar-refractivity contribution in [2.75, 3.05) is 45.8 Å². The Morgan fingerprint density at radius 1 is 1.22 bits per heavy atom. The topological polar surface area (TPSA) is 57.6 Å². The van der Waals surface area contributed by atoms with E-state index in [2.05, 4.69) is 29.0 Å². The summed E-state index contributed by atoms with van der Waals surface area (Å²) in [6.07, 6.45) is 1.64. The summed E-state index contributed by atoms with van der Waals surface area (Å²) in [7, 11) is 0. The molecule has 0 aliphatic carbocycles. The fourth-order valence-electron chi connectivity index (χ4n) is 2.88. The fraction of sp³-hybridized carbons (Fsp3) is 0.647. The van der Waals surface area contributed by atoms with Crippen molar-refractivity contribution in [3.8, 4) is 0 Å². The predicted octanol–water partition coefficient (Wildman–Crippen LogP) is 0.238. The summed E-state index contributed by atoms with van der Waals surface area (Å²) in [6.45, 7) is 11.7. The average Bonchev–Trinajstić information content (AvgIpc) is 2.56. The summed E-state index contributed by atoms with van der Waals surface area (Å²) in [6, 6.07) is 4.90. The molecular formula is C17H28N4O2. The van der Waals surface area contributed by atoms with E-state index in [4.69, 9.17) is 0 Å². The van der Waals surface area contributed by atoms with Gasteiger partial charge in [0.2, 0.25) is 5.91 Å². The number of carbonyl (C=O) groups is 1. The molecule has 0 bridgehead atoms. The Bertz CT molecular complexity index is 550. The van der Waals surface area contributed by atoms with Crippen LogP contribution in [0.5, 0.6) is 0 Å². The first-order valence-electron chi connectivity index (χ1n) is 8.45. The molecule has 0 saturated carbocycles. The molecule has 1 amide bonds. The highest BCUT2D eigenvalue weighted by Crippen LogP contribution is 2.05. The number of hydrogen-bond acceptors (Lipinski definition) is 4. The van der Waals surface area contributed by atoms with Gasteiger partial charge in [-0.2, -0.15) is 0 Å². The Labute approximate surface area is 138 Å². The van der Waals surface area contributed by atoms with Crippen LogP contribution in [0.15, 0.2) is 29.2 Å². The molecule has 2 rings (SSSR count). The van der Waals surface area contributed by atoms with Crippen LogP contribution in [-0.4, -0.2) is 66.1 Å². The molecule has 6 nitrogen and oxygen atoms in total. The largest absolute Gasteiger partial charge is 0.354 e. The minimum Gasteiger partial charge on any atom is -0.354 e. The van der Waals surface area contributed by atoms with E-state index in [1.165, 1.54) is 10.6 Å². The quantitative estimate of drug-likeness (QED) is 0.782. The number of hydrogen-bond donors (Lipinski definition) is 1. The molecular weight excluding hydrogens is 292 g/mol. The standard InChI is InChI=1S/C17H28N4O2/c1-3-19-8-10-20(11-9-19)13-15(2)12-18-16(22)14-21-7-5-4-6-17(21)23/h4-7,15H,3,8-14H2,1-2H3,(H,18,22). The number of aromatic nitrogens is 1. The van der Waals surface area contributed by atoms with Crippen LogP contribution >= 0.6 is 0 Å². The molecule has 1 aromatic rings. The van der Waals surface area contributed by atoms with Gasteiger partial charge in [-0.05, 0) is 18.5 Å². The Balaban J connectivity index is 1.68. The highest BCUT2D eigenvalue weighted by molar-refractivity contribution is 5.75. The second kappa shape index (κ2) is 8.84. The smallest absolute Gasteiger partial charge is 0.250 e. The van der Waals surface area contributed by atoms with Crippen molar-refractivity contribution >= 4 is 5.91 Å². The lowest BCUT2D eigenvalue weighted by Gasteiger charge is -2.35. The van der Waals surface area contributed by atoms with Gasteiger partial charge in [0.25, 0.3) is 5.56 Å². The zero-order chi connectivity index (χ0) is 16.7. The number of nitrogens with one attached hydrogen (secondary N) is 1. The van der Waals surface area contributed by atoms with E-state index in [1.807, 2.05) is 0 Å². The number of likely N-dealkylation sites (N-methyl/N-ethyl adjacent to an activating group) is 1. The maximum absolute atomic E-state index is 12.0. The first kappa shape index (κ1) is 17.7. The third kappa shape index (κ3) is 5.80. The van der Waals surface area contributed by atoms with Gasteiger partial charge < -0.3 is 19.7 Å². The molecule has 128 valence electrons. The Hall–Kier alpha value is -1.66. The third-order valence-electron chi connectivity index (χ3n) is 4.34. The summed E-state index contributed by atoms with van der Waals surface area (Å²) >= 11 is 0. The second-order valence-electron chi connectivity index (χ2n) is 6.31. The highest BCUT2D eigenvalue weighted by atomic mass is 16.2. The summed E-state index contributed by atoms with van der Waals surface area (Å²) in [5.74, 6) is 0.292. The minimum absolute atomic E-state index is 0.0849. The molecule has 1 aromatic heterocycles. The van der Waals surface area contributed by atoms with E-state index in [9.17, 15) is 9.59 Å². The summed E-state index contributed by atoms with van der Waals surface area (Å²) < 4.78 is 1.42. The maximum Gasteiger partial charge on any atom is 0.250 e. The van der Waals surface area contributed by atoms with Crippen molar-refractivity contribution in [1.29, 1.82) is 0 Å². The monoisotopic (exact) mass is 320 g/mol. The summed E-state index contributed by atoms with van der Waals surface area (Å²) in [5.41, 5.74) is -0.149. The van der Waals surface area contributed by atoms with Gasteiger partial charge in [0.1, 0.15) is 6.54 Å². The Morgan fingerprint density at radius 3 is 2.57 bits per heavy atom.